The number of carbonyl (C=O) groups excluding carboxylic acids is 2. The summed E-state index contributed by atoms with van der Waals surface area (Å²) in [5.41, 5.74) is 0.518. The fourth-order valence-electron chi connectivity index (χ4n) is 5.38. The van der Waals surface area contributed by atoms with E-state index in [9.17, 15) is 23.2 Å². The lowest BCUT2D eigenvalue weighted by Gasteiger charge is -2.46. The molecule has 2 amide bonds. The topological polar surface area (TPSA) is 62.6 Å². The molecule has 2 saturated heterocycles. The Balaban J connectivity index is 1.51. The zero-order chi connectivity index (χ0) is 19.1. The minimum Gasteiger partial charge on any atom is -0.342 e. The number of carbonyl (C=O) groups is 2. The van der Waals surface area contributed by atoms with E-state index in [0.29, 0.717) is 13.1 Å². The molecule has 0 N–H and O–H groups in total. The van der Waals surface area contributed by atoms with E-state index < -0.39 is 23.8 Å². The van der Waals surface area contributed by atoms with Crippen molar-refractivity contribution in [2.75, 3.05) is 26.2 Å². The molecule has 5 rings (SSSR count). The molecule has 27 heavy (non-hydrogen) atoms. The fourth-order valence-corrected chi connectivity index (χ4v) is 5.38. The summed E-state index contributed by atoms with van der Waals surface area (Å²) >= 11 is 0. The Morgan fingerprint density at radius 3 is 2.44 bits per heavy atom. The lowest BCUT2D eigenvalue weighted by Crippen LogP contribution is -2.54. The minimum absolute atomic E-state index is 0.0157. The highest BCUT2D eigenvalue weighted by Gasteiger charge is 2.72. The second-order valence-corrected chi connectivity index (χ2v) is 8.35. The van der Waals surface area contributed by atoms with Crippen LogP contribution in [0.25, 0.3) is 0 Å². The molecular formula is C19H21F2N3O3. The second kappa shape index (κ2) is 5.39. The van der Waals surface area contributed by atoms with Gasteiger partial charge in [0, 0.05) is 56.7 Å². The number of nitrogens with zero attached hydrogens (tertiary/aromatic N) is 3. The zero-order valence-electron chi connectivity index (χ0n) is 15.0. The number of rotatable bonds is 1. The summed E-state index contributed by atoms with van der Waals surface area (Å²) in [5, 5.41) is 0. The molecule has 2 bridgehead atoms. The standard InChI is InChI=1S/C19H21F2N3O3/c1-10(25)22-6-11-5-12(7-22)17(24-15(11)3-2-4-16(24)26)18(27)23-8-13-14(9-23)19(13,20)21/h2-4,11-14,17H,5-9H2,1H3/t11-,12+,13?,14?,17-/m1/s1. The van der Waals surface area contributed by atoms with Gasteiger partial charge in [-0.3, -0.25) is 19.0 Å². The number of halogens is 2. The van der Waals surface area contributed by atoms with Crippen molar-refractivity contribution in [3.05, 3.63) is 34.2 Å². The zero-order valence-corrected chi connectivity index (χ0v) is 15.0. The maximum atomic E-state index is 13.5. The summed E-state index contributed by atoms with van der Waals surface area (Å²) in [6.07, 6.45) is 0.723. The Bertz CT molecular complexity index is 884. The number of aromatic nitrogens is 1. The first-order valence-electron chi connectivity index (χ1n) is 9.42. The van der Waals surface area contributed by atoms with Crippen LogP contribution >= 0.6 is 0 Å². The molecule has 0 aromatic carbocycles. The predicted octanol–water partition coefficient (Wildman–Crippen LogP) is 1.08. The van der Waals surface area contributed by atoms with Crippen LogP contribution in [0.4, 0.5) is 8.78 Å². The summed E-state index contributed by atoms with van der Waals surface area (Å²) in [6.45, 7) is 2.56. The molecule has 4 aliphatic rings. The molecule has 1 aliphatic carbocycles. The SMILES string of the molecule is CC(=O)N1C[C@H]2C[C@@H](C1)[C@H](C(=O)N1CC3C(C1)C3(F)F)n1c2cccc1=O. The van der Waals surface area contributed by atoms with Gasteiger partial charge in [-0.25, -0.2) is 8.78 Å². The third-order valence-corrected chi connectivity index (χ3v) is 6.86. The summed E-state index contributed by atoms with van der Waals surface area (Å²) in [6, 6.07) is 4.22. The summed E-state index contributed by atoms with van der Waals surface area (Å²) in [5.74, 6) is -4.62. The van der Waals surface area contributed by atoms with Crippen LogP contribution in [0.15, 0.2) is 23.0 Å². The number of piperidine rings is 2. The van der Waals surface area contributed by atoms with Crippen molar-refractivity contribution in [3.63, 3.8) is 0 Å². The quantitative estimate of drug-likeness (QED) is 0.736. The number of hydrogen-bond acceptors (Lipinski definition) is 3. The van der Waals surface area contributed by atoms with Crippen LogP contribution in [-0.2, 0) is 9.59 Å². The van der Waals surface area contributed by atoms with Gasteiger partial charge in [0.15, 0.2) is 0 Å². The van der Waals surface area contributed by atoms with E-state index in [2.05, 4.69) is 0 Å². The van der Waals surface area contributed by atoms with Gasteiger partial charge in [0.05, 0.1) is 11.8 Å². The number of alkyl halides is 2. The van der Waals surface area contributed by atoms with E-state index >= 15 is 0 Å². The highest BCUT2D eigenvalue weighted by Crippen LogP contribution is 2.59. The molecule has 3 aliphatic heterocycles. The Kier molecular flexibility index (Phi) is 3.37. The molecule has 144 valence electrons. The van der Waals surface area contributed by atoms with Crippen LogP contribution in [0.1, 0.15) is 31.0 Å². The highest BCUT2D eigenvalue weighted by atomic mass is 19.3. The van der Waals surface area contributed by atoms with Crippen molar-refractivity contribution >= 4 is 11.8 Å². The molecule has 3 fully saturated rings. The highest BCUT2D eigenvalue weighted by molar-refractivity contribution is 5.82. The lowest BCUT2D eigenvalue weighted by atomic mass is 9.78. The van der Waals surface area contributed by atoms with E-state index in [1.165, 1.54) is 17.9 Å². The summed E-state index contributed by atoms with van der Waals surface area (Å²) in [4.78, 5) is 41.1. The average Bonchev–Trinajstić information content (AvgIpc) is 2.99. The van der Waals surface area contributed by atoms with Gasteiger partial charge < -0.3 is 9.80 Å². The van der Waals surface area contributed by atoms with Crippen molar-refractivity contribution in [1.82, 2.24) is 14.4 Å². The average molecular weight is 377 g/mol. The Hall–Kier alpha value is -2.25. The molecule has 1 saturated carbocycles. The second-order valence-electron chi connectivity index (χ2n) is 8.35. The van der Waals surface area contributed by atoms with Crippen molar-refractivity contribution in [1.29, 1.82) is 0 Å². The monoisotopic (exact) mass is 377 g/mol. The Morgan fingerprint density at radius 1 is 1.07 bits per heavy atom. The Morgan fingerprint density at radius 2 is 1.78 bits per heavy atom. The molecule has 4 heterocycles. The van der Waals surface area contributed by atoms with Gasteiger partial charge >= 0.3 is 0 Å². The van der Waals surface area contributed by atoms with Crippen LogP contribution < -0.4 is 5.56 Å². The van der Waals surface area contributed by atoms with Crippen LogP contribution in [0.3, 0.4) is 0 Å². The molecule has 0 spiro atoms. The van der Waals surface area contributed by atoms with Gasteiger partial charge in [-0.05, 0) is 12.5 Å². The van der Waals surface area contributed by atoms with E-state index in [1.807, 2.05) is 6.07 Å². The number of likely N-dealkylation sites (tertiary alicyclic amines) is 2. The van der Waals surface area contributed by atoms with Crippen molar-refractivity contribution in [2.45, 2.75) is 31.2 Å². The van der Waals surface area contributed by atoms with Gasteiger partial charge in [-0.1, -0.05) is 6.07 Å². The van der Waals surface area contributed by atoms with Gasteiger partial charge in [0.1, 0.15) is 6.04 Å². The first-order chi connectivity index (χ1) is 12.8. The van der Waals surface area contributed by atoms with Crippen molar-refractivity contribution in [2.24, 2.45) is 17.8 Å². The van der Waals surface area contributed by atoms with Crippen LogP contribution in [0, 0.1) is 17.8 Å². The number of pyridine rings is 1. The number of fused-ring (bicyclic) bond motifs is 5. The van der Waals surface area contributed by atoms with Crippen LogP contribution in [-0.4, -0.2) is 58.3 Å². The molecule has 6 nitrogen and oxygen atoms in total. The van der Waals surface area contributed by atoms with Gasteiger partial charge in [-0.15, -0.1) is 0 Å². The molecule has 5 atom stereocenters. The minimum atomic E-state index is -2.65. The molecule has 2 unspecified atom stereocenters. The summed E-state index contributed by atoms with van der Waals surface area (Å²) < 4.78 is 28.6. The van der Waals surface area contributed by atoms with Crippen LogP contribution in [0.2, 0.25) is 0 Å². The fraction of sp³-hybridized carbons (Fsp3) is 0.632. The molecular weight excluding hydrogens is 356 g/mol. The third-order valence-electron chi connectivity index (χ3n) is 6.86. The van der Waals surface area contributed by atoms with E-state index in [-0.39, 0.29) is 42.3 Å². The molecule has 1 aromatic heterocycles. The van der Waals surface area contributed by atoms with Gasteiger partial charge in [0.2, 0.25) is 11.8 Å². The predicted molar refractivity (Wildman–Crippen MR) is 91.3 cm³/mol. The molecule has 8 heteroatoms. The van der Waals surface area contributed by atoms with Crippen LogP contribution in [0.5, 0.6) is 0 Å². The smallest absolute Gasteiger partial charge is 0.258 e. The van der Waals surface area contributed by atoms with E-state index in [4.69, 9.17) is 0 Å². The maximum Gasteiger partial charge on any atom is 0.258 e. The first-order valence-corrected chi connectivity index (χ1v) is 9.42. The maximum absolute atomic E-state index is 13.5. The normalized spacial score (nSPS) is 35.4. The van der Waals surface area contributed by atoms with Crippen molar-refractivity contribution in [3.8, 4) is 0 Å². The molecule has 0 radical (unpaired) electrons. The van der Waals surface area contributed by atoms with E-state index in [0.717, 1.165) is 12.1 Å². The first kappa shape index (κ1) is 16.9. The van der Waals surface area contributed by atoms with Gasteiger partial charge in [-0.2, -0.15) is 0 Å². The number of hydrogen-bond donors (Lipinski definition) is 0. The van der Waals surface area contributed by atoms with Gasteiger partial charge in [0.25, 0.3) is 11.5 Å². The Labute approximate surface area is 154 Å². The van der Waals surface area contributed by atoms with Crippen molar-refractivity contribution < 1.29 is 18.4 Å². The largest absolute Gasteiger partial charge is 0.342 e. The summed E-state index contributed by atoms with van der Waals surface area (Å²) in [7, 11) is 0. The molecule has 1 aromatic rings. The lowest BCUT2D eigenvalue weighted by molar-refractivity contribution is -0.142. The third kappa shape index (κ3) is 2.31. The van der Waals surface area contributed by atoms with E-state index in [1.54, 1.807) is 15.5 Å². The number of amides is 2.